The number of rotatable bonds is 6. The number of likely N-dealkylation sites (N-methyl/N-ethyl adjacent to an activating group) is 1. The highest BCUT2D eigenvalue weighted by Crippen LogP contribution is 2.25. The lowest BCUT2D eigenvalue weighted by atomic mass is 10.0. The number of carbonyl (C=O) groups is 1. The smallest absolute Gasteiger partial charge is 0.335 e. The maximum atomic E-state index is 11.1. The van der Waals surface area contributed by atoms with Gasteiger partial charge in [0, 0.05) is 26.2 Å². The van der Waals surface area contributed by atoms with Crippen LogP contribution in [0.15, 0.2) is 41.0 Å². The number of methoxy groups -OCH3 is 1. The highest BCUT2D eigenvalue weighted by atomic mass is 16.7. The van der Waals surface area contributed by atoms with Crippen LogP contribution < -0.4 is 5.32 Å². The van der Waals surface area contributed by atoms with Crippen molar-refractivity contribution in [2.75, 3.05) is 20.8 Å². The lowest BCUT2D eigenvalue weighted by Gasteiger charge is -2.35. The van der Waals surface area contributed by atoms with E-state index >= 15 is 0 Å². The summed E-state index contributed by atoms with van der Waals surface area (Å²) in [6.07, 6.45) is -0.303. The Morgan fingerprint density at radius 1 is 1.50 bits per heavy atom. The average molecular weight is 339 g/mol. The zero-order valence-electron chi connectivity index (χ0n) is 13.4. The van der Waals surface area contributed by atoms with Crippen LogP contribution in [0.1, 0.15) is 6.42 Å². The van der Waals surface area contributed by atoms with Crippen molar-refractivity contribution < 1.29 is 34.3 Å². The van der Waals surface area contributed by atoms with E-state index in [-0.39, 0.29) is 6.42 Å². The summed E-state index contributed by atoms with van der Waals surface area (Å²) in [5, 5.41) is 31.5. The van der Waals surface area contributed by atoms with Crippen LogP contribution >= 0.6 is 0 Å². The van der Waals surface area contributed by atoms with Crippen LogP contribution in [0.25, 0.3) is 0 Å². The van der Waals surface area contributed by atoms with Crippen LogP contribution in [0, 0.1) is 0 Å². The number of nitrogens with one attached hydrogen (secondary N) is 1. The molecule has 1 aliphatic heterocycles. The molecule has 0 aromatic rings. The molecule has 2 rings (SSSR count). The minimum absolute atomic E-state index is 0.0542. The lowest BCUT2D eigenvalue weighted by molar-refractivity contribution is -0.241. The molecule has 2 aliphatic rings. The number of allylic oxidation sites excluding steroid dienone is 1. The summed E-state index contributed by atoms with van der Waals surface area (Å²) < 4.78 is 16.0. The minimum atomic E-state index is -1.55. The van der Waals surface area contributed by atoms with E-state index in [0.29, 0.717) is 18.1 Å². The molecule has 24 heavy (non-hydrogen) atoms. The molecule has 1 saturated heterocycles. The van der Waals surface area contributed by atoms with Crippen molar-refractivity contribution in [3.63, 3.8) is 0 Å². The van der Waals surface area contributed by atoms with Crippen molar-refractivity contribution in [1.29, 1.82) is 0 Å². The van der Waals surface area contributed by atoms with Gasteiger partial charge in [-0.15, -0.1) is 5.73 Å². The van der Waals surface area contributed by atoms with E-state index in [9.17, 15) is 15.0 Å². The summed E-state index contributed by atoms with van der Waals surface area (Å²) >= 11 is 0. The zero-order valence-corrected chi connectivity index (χ0v) is 13.4. The predicted octanol–water partition coefficient (Wildman–Crippen LogP) is -0.347. The van der Waals surface area contributed by atoms with Gasteiger partial charge in [-0.25, -0.2) is 4.79 Å². The van der Waals surface area contributed by atoms with Gasteiger partial charge >= 0.3 is 5.97 Å². The van der Waals surface area contributed by atoms with E-state index in [4.69, 9.17) is 19.3 Å². The molecule has 1 aliphatic carbocycles. The van der Waals surface area contributed by atoms with Crippen molar-refractivity contribution in [2.24, 2.45) is 0 Å². The fraction of sp³-hybridized carbons (Fsp3) is 0.500. The number of aliphatic hydroxyl groups excluding tert-OH is 2. The van der Waals surface area contributed by atoms with Gasteiger partial charge < -0.3 is 34.8 Å². The van der Waals surface area contributed by atoms with E-state index in [2.05, 4.69) is 11.0 Å². The summed E-state index contributed by atoms with van der Waals surface area (Å²) in [6.45, 7) is 0.370. The second-order valence-corrected chi connectivity index (χ2v) is 5.34. The second kappa shape index (κ2) is 8.14. The van der Waals surface area contributed by atoms with Gasteiger partial charge in [0.05, 0.1) is 18.4 Å². The average Bonchev–Trinajstić information content (AvgIpc) is 2.73. The van der Waals surface area contributed by atoms with Gasteiger partial charge in [0.2, 0.25) is 6.29 Å². The van der Waals surface area contributed by atoms with Crippen molar-refractivity contribution in [2.45, 2.75) is 31.0 Å². The van der Waals surface area contributed by atoms with Crippen molar-refractivity contribution >= 4 is 5.97 Å². The topological polar surface area (TPSA) is 117 Å². The van der Waals surface area contributed by atoms with E-state index in [1.54, 1.807) is 32.4 Å². The minimum Gasteiger partial charge on any atom is -0.479 e. The number of carboxylic acid groups (broad SMARTS) is 1. The molecule has 0 amide bonds. The molecule has 0 spiro atoms. The van der Waals surface area contributed by atoms with Crippen molar-refractivity contribution in [3.8, 4) is 0 Å². The summed E-state index contributed by atoms with van der Waals surface area (Å²) in [4.78, 5) is 11.1. The van der Waals surface area contributed by atoms with Gasteiger partial charge in [0.1, 0.15) is 11.9 Å². The molecular formula is C16H21NO7. The molecule has 1 fully saturated rings. The third-order valence-electron chi connectivity index (χ3n) is 3.60. The molecule has 0 radical (unpaired) electrons. The van der Waals surface area contributed by atoms with Gasteiger partial charge in [-0.1, -0.05) is 0 Å². The van der Waals surface area contributed by atoms with Crippen LogP contribution in [-0.4, -0.2) is 66.7 Å². The molecule has 0 unspecified atom stereocenters. The quantitative estimate of drug-likeness (QED) is 0.485. The Morgan fingerprint density at radius 2 is 2.25 bits per heavy atom. The zero-order chi connectivity index (χ0) is 17.7. The first kappa shape index (κ1) is 18.3. The summed E-state index contributed by atoms with van der Waals surface area (Å²) in [5.74, 6) is -0.966. The Bertz CT molecular complexity index is 604. The Labute approximate surface area is 139 Å². The fourth-order valence-corrected chi connectivity index (χ4v) is 2.40. The molecule has 4 N–H and O–H groups in total. The molecule has 0 bridgehead atoms. The molecule has 8 nitrogen and oxygen atoms in total. The third-order valence-corrected chi connectivity index (χ3v) is 3.60. The standard InChI is InChI=1S/C16H21NO7/c1-17-10-6-9(8-22-2)4-3-5-12(10)23-13-7-11(18)14(19)15(24-13)16(20)21/h3,5-6,11,13-15,17-19H,7-8H2,1-2H3,(H,20,21)/t11-,13-,14+,15+/m1/s1. The first-order chi connectivity index (χ1) is 11.5. The third kappa shape index (κ3) is 4.25. The second-order valence-electron chi connectivity index (χ2n) is 5.34. The van der Waals surface area contributed by atoms with Crippen molar-refractivity contribution in [1.82, 2.24) is 5.32 Å². The first-order valence-electron chi connectivity index (χ1n) is 7.42. The fourth-order valence-electron chi connectivity index (χ4n) is 2.40. The number of hydrogen-bond donors (Lipinski definition) is 4. The Kier molecular flexibility index (Phi) is 6.19. The highest BCUT2D eigenvalue weighted by molar-refractivity contribution is 5.73. The van der Waals surface area contributed by atoms with Gasteiger partial charge in [-0.05, 0) is 18.2 Å². The maximum Gasteiger partial charge on any atom is 0.335 e. The Morgan fingerprint density at radius 3 is 2.88 bits per heavy atom. The van der Waals surface area contributed by atoms with Gasteiger partial charge in [-0.3, -0.25) is 0 Å². The molecule has 4 atom stereocenters. The lowest BCUT2D eigenvalue weighted by Crippen LogP contribution is -2.52. The largest absolute Gasteiger partial charge is 0.479 e. The number of ether oxygens (including phenoxy) is 3. The number of carboxylic acids is 1. The van der Waals surface area contributed by atoms with Crippen LogP contribution in [0.4, 0.5) is 0 Å². The summed E-state index contributed by atoms with van der Waals surface area (Å²) in [7, 11) is 3.28. The Balaban J connectivity index is 2.13. The SMILES string of the molecule is CNC1=CC(COC)=C=CC=C1O[C@H]1C[C@@H](O)[C@H](O)[C@@H](C(=O)O)O1. The first-order valence-corrected chi connectivity index (χ1v) is 7.42. The monoisotopic (exact) mass is 339 g/mol. The molecule has 0 aromatic carbocycles. The molecule has 0 aromatic heterocycles. The normalized spacial score (nSPS) is 29.9. The van der Waals surface area contributed by atoms with Gasteiger partial charge in [0.15, 0.2) is 6.10 Å². The number of aliphatic hydroxyl groups is 2. The van der Waals surface area contributed by atoms with Crippen molar-refractivity contribution in [3.05, 3.63) is 41.0 Å². The summed E-state index contributed by atoms with van der Waals surface area (Å²) in [5.41, 5.74) is 4.44. The Hall–Kier alpha value is -2.09. The van der Waals surface area contributed by atoms with E-state index in [1.165, 1.54) is 0 Å². The predicted molar refractivity (Wildman–Crippen MR) is 82.7 cm³/mol. The highest BCUT2D eigenvalue weighted by Gasteiger charge is 2.42. The van der Waals surface area contributed by atoms with E-state index in [1.807, 2.05) is 0 Å². The number of aliphatic carboxylic acids is 1. The van der Waals surface area contributed by atoms with Crippen LogP contribution in [0.5, 0.6) is 0 Å². The molecular weight excluding hydrogens is 318 g/mol. The van der Waals surface area contributed by atoms with Gasteiger partial charge in [-0.2, -0.15) is 0 Å². The molecule has 132 valence electrons. The van der Waals surface area contributed by atoms with E-state index in [0.717, 1.165) is 5.57 Å². The molecule has 8 heteroatoms. The van der Waals surface area contributed by atoms with Gasteiger partial charge in [0.25, 0.3) is 0 Å². The molecule has 1 heterocycles. The summed E-state index contributed by atoms with van der Waals surface area (Å²) in [6, 6.07) is 0. The van der Waals surface area contributed by atoms with Crippen LogP contribution in [0.2, 0.25) is 0 Å². The maximum absolute atomic E-state index is 11.1. The van der Waals surface area contributed by atoms with Crippen LogP contribution in [-0.2, 0) is 19.0 Å². The number of hydrogen-bond acceptors (Lipinski definition) is 7. The van der Waals surface area contributed by atoms with E-state index < -0.39 is 30.6 Å². The van der Waals surface area contributed by atoms with Crippen LogP contribution in [0.3, 0.4) is 0 Å². The molecule has 0 saturated carbocycles.